The number of carbonyl (C=O) groups is 2. The fraction of sp³-hybridized carbons (Fsp3) is 0.692. The average Bonchev–Trinajstić information content (AvgIpc) is 3.12. The minimum atomic E-state index is -0.588. The summed E-state index contributed by atoms with van der Waals surface area (Å²) in [6.45, 7) is 15.4. The molecule has 1 aliphatic heterocycles. The molecule has 7 heteroatoms. The van der Waals surface area contributed by atoms with Crippen molar-refractivity contribution in [2.75, 3.05) is 26.7 Å². The van der Waals surface area contributed by atoms with Crippen molar-refractivity contribution >= 4 is 12.1 Å². The van der Waals surface area contributed by atoms with Crippen LogP contribution in [-0.4, -0.2) is 71.9 Å². The SMILES string of the molecule is C[C@H](CN(C)C(=O)OC(C)(C)C)[C@H](C(=O)OC(C)(C)C)N1CC[C@@H](OCc2ccccc2)C1. The lowest BCUT2D eigenvalue weighted by Crippen LogP contribution is -2.50. The number of carbonyl (C=O) groups excluding carboxylic acids is 2. The molecule has 0 radical (unpaired) electrons. The standard InChI is InChI=1S/C26H42N2O5/c1-19(16-27(8)24(30)33-26(5,6)7)22(23(29)32-25(2,3)4)28-15-14-21(17-28)31-18-20-12-10-9-11-13-20/h9-13,19,21-22H,14-18H2,1-8H3/t19-,21-,22-/m1/s1. The molecule has 1 heterocycles. The van der Waals surface area contributed by atoms with Gasteiger partial charge in [-0.3, -0.25) is 9.69 Å². The van der Waals surface area contributed by atoms with Gasteiger partial charge in [0.15, 0.2) is 0 Å². The molecule has 0 bridgehead atoms. The van der Waals surface area contributed by atoms with Crippen molar-refractivity contribution < 1.29 is 23.8 Å². The third kappa shape index (κ3) is 9.33. The van der Waals surface area contributed by atoms with Gasteiger partial charge in [0, 0.05) is 32.6 Å². The number of hydrogen-bond donors (Lipinski definition) is 0. The molecule has 1 aromatic rings. The fourth-order valence-electron chi connectivity index (χ4n) is 3.98. The summed E-state index contributed by atoms with van der Waals surface area (Å²) in [5.41, 5.74) is -0.0288. The van der Waals surface area contributed by atoms with E-state index in [1.54, 1.807) is 7.05 Å². The number of nitrogens with zero attached hydrogens (tertiary/aromatic N) is 2. The van der Waals surface area contributed by atoms with E-state index in [0.29, 0.717) is 19.7 Å². The zero-order chi connectivity index (χ0) is 24.8. The lowest BCUT2D eigenvalue weighted by Gasteiger charge is -2.35. The van der Waals surface area contributed by atoms with Crippen LogP contribution >= 0.6 is 0 Å². The van der Waals surface area contributed by atoms with Gasteiger partial charge >= 0.3 is 12.1 Å². The van der Waals surface area contributed by atoms with Crippen LogP contribution in [0.2, 0.25) is 0 Å². The first-order valence-corrected chi connectivity index (χ1v) is 11.8. The fourth-order valence-corrected chi connectivity index (χ4v) is 3.98. The molecule has 0 spiro atoms. The summed E-state index contributed by atoms with van der Waals surface area (Å²) >= 11 is 0. The average molecular weight is 463 g/mol. The van der Waals surface area contributed by atoms with Crippen LogP contribution in [0.3, 0.4) is 0 Å². The van der Waals surface area contributed by atoms with E-state index in [1.807, 2.05) is 78.8 Å². The smallest absolute Gasteiger partial charge is 0.410 e. The highest BCUT2D eigenvalue weighted by molar-refractivity contribution is 5.77. The Morgan fingerprint density at radius 3 is 2.24 bits per heavy atom. The van der Waals surface area contributed by atoms with Crippen LogP contribution in [-0.2, 0) is 25.6 Å². The normalized spacial score (nSPS) is 19.1. The van der Waals surface area contributed by atoms with Crippen molar-refractivity contribution in [3.05, 3.63) is 35.9 Å². The molecule has 1 aliphatic rings. The maximum atomic E-state index is 13.2. The summed E-state index contributed by atoms with van der Waals surface area (Å²) in [6, 6.07) is 9.61. The molecule has 1 amide bonds. The molecular formula is C26H42N2O5. The van der Waals surface area contributed by atoms with E-state index in [9.17, 15) is 9.59 Å². The molecule has 2 rings (SSSR count). The highest BCUT2D eigenvalue weighted by atomic mass is 16.6. The number of rotatable bonds is 8. The maximum Gasteiger partial charge on any atom is 0.410 e. The Hall–Kier alpha value is -2.12. The number of benzene rings is 1. The highest BCUT2D eigenvalue weighted by Crippen LogP contribution is 2.25. The van der Waals surface area contributed by atoms with Gasteiger partial charge in [-0.25, -0.2) is 4.79 Å². The van der Waals surface area contributed by atoms with Gasteiger partial charge in [0.2, 0.25) is 0 Å². The van der Waals surface area contributed by atoms with Crippen LogP contribution in [0.4, 0.5) is 4.79 Å². The van der Waals surface area contributed by atoms with Crippen LogP contribution in [0, 0.1) is 5.92 Å². The Labute approximate surface area is 199 Å². The molecule has 3 atom stereocenters. The second-order valence-corrected chi connectivity index (χ2v) is 11.0. The third-order valence-corrected chi connectivity index (χ3v) is 5.35. The van der Waals surface area contributed by atoms with Crippen molar-refractivity contribution in [2.45, 2.75) is 84.8 Å². The summed E-state index contributed by atoms with van der Waals surface area (Å²) in [6.07, 6.45) is 0.495. The van der Waals surface area contributed by atoms with Crippen LogP contribution in [0.15, 0.2) is 30.3 Å². The molecule has 0 aliphatic carbocycles. The Bertz CT molecular complexity index is 769. The van der Waals surface area contributed by atoms with Gasteiger partial charge < -0.3 is 19.1 Å². The first-order chi connectivity index (χ1) is 15.2. The molecule has 0 saturated carbocycles. The molecule has 0 N–H and O–H groups in total. The minimum Gasteiger partial charge on any atom is -0.459 e. The van der Waals surface area contributed by atoms with Crippen LogP contribution < -0.4 is 0 Å². The molecule has 0 unspecified atom stereocenters. The lowest BCUT2D eigenvalue weighted by atomic mass is 9.99. The monoisotopic (exact) mass is 462 g/mol. The molecule has 7 nitrogen and oxygen atoms in total. The summed E-state index contributed by atoms with van der Waals surface area (Å²) in [4.78, 5) is 29.3. The van der Waals surface area contributed by atoms with Gasteiger partial charge in [-0.05, 0) is 53.5 Å². The highest BCUT2D eigenvalue weighted by Gasteiger charge is 2.39. The predicted molar refractivity (Wildman–Crippen MR) is 129 cm³/mol. The molecule has 1 fully saturated rings. The van der Waals surface area contributed by atoms with Crippen molar-refractivity contribution in [3.63, 3.8) is 0 Å². The van der Waals surface area contributed by atoms with E-state index < -0.39 is 23.3 Å². The summed E-state index contributed by atoms with van der Waals surface area (Å²) in [7, 11) is 1.70. The first-order valence-electron chi connectivity index (χ1n) is 11.8. The van der Waals surface area contributed by atoms with Crippen molar-refractivity contribution in [1.29, 1.82) is 0 Å². The van der Waals surface area contributed by atoms with E-state index in [0.717, 1.165) is 18.5 Å². The molecule has 1 aromatic carbocycles. The zero-order valence-corrected chi connectivity index (χ0v) is 21.6. The number of hydrogen-bond acceptors (Lipinski definition) is 6. The zero-order valence-electron chi connectivity index (χ0n) is 21.6. The van der Waals surface area contributed by atoms with Crippen molar-refractivity contribution in [1.82, 2.24) is 9.80 Å². The van der Waals surface area contributed by atoms with Crippen molar-refractivity contribution in [2.24, 2.45) is 5.92 Å². The summed E-state index contributed by atoms with van der Waals surface area (Å²) in [5.74, 6) is -0.415. The molecule has 1 saturated heterocycles. The Morgan fingerprint density at radius 1 is 1.06 bits per heavy atom. The second-order valence-electron chi connectivity index (χ2n) is 11.0. The van der Waals surface area contributed by atoms with Crippen LogP contribution in [0.5, 0.6) is 0 Å². The Kier molecular flexibility index (Phi) is 9.32. The van der Waals surface area contributed by atoms with E-state index in [4.69, 9.17) is 14.2 Å². The van der Waals surface area contributed by atoms with Crippen LogP contribution in [0.1, 0.15) is 60.5 Å². The van der Waals surface area contributed by atoms with Gasteiger partial charge in [0.1, 0.15) is 17.2 Å². The van der Waals surface area contributed by atoms with Crippen LogP contribution in [0.25, 0.3) is 0 Å². The van der Waals surface area contributed by atoms with Gasteiger partial charge in [-0.15, -0.1) is 0 Å². The molecule has 186 valence electrons. The lowest BCUT2D eigenvalue weighted by molar-refractivity contribution is -0.163. The van der Waals surface area contributed by atoms with E-state index in [2.05, 4.69) is 4.90 Å². The Balaban J connectivity index is 2.05. The summed E-state index contributed by atoms with van der Waals surface area (Å²) < 4.78 is 17.4. The van der Waals surface area contributed by atoms with Gasteiger partial charge in [-0.1, -0.05) is 37.3 Å². The second kappa shape index (κ2) is 11.3. The van der Waals surface area contributed by atoms with E-state index in [1.165, 1.54) is 4.90 Å². The largest absolute Gasteiger partial charge is 0.459 e. The van der Waals surface area contributed by atoms with Gasteiger partial charge in [0.25, 0.3) is 0 Å². The minimum absolute atomic E-state index is 0.0472. The van der Waals surface area contributed by atoms with Gasteiger partial charge in [-0.2, -0.15) is 0 Å². The number of likely N-dealkylation sites (tertiary alicyclic amines) is 1. The molecule has 33 heavy (non-hydrogen) atoms. The maximum absolute atomic E-state index is 13.2. The predicted octanol–water partition coefficient (Wildman–Crippen LogP) is 4.49. The third-order valence-electron chi connectivity index (χ3n) is 5.35. The quantitative estimate of drug-likeness (QED) is 0.530. The molecule has 0 aromatic heterocycles. The topological polar surface area (TPSA) is 68.3 Å². The van der Waals surface area contributed by atoms with Crippen molar-refractivity contribution in [3.8, 4) is 0 Å². The first kappa shape index (κ1) is 27.1. The van der Waals surface area contributed by atoms with E-state index >= 15 is 0 Å². The van der Waals surface area contributed by atoms with Gasteiger partial charge in [0.05, 0.1) is 12.7 Å². The number of esters is 1. The number of ether oxygens (including phenoxy) is 3. The molecular weight excluding hydrogens is 420 g/mol. The number of amides is 1. The summed E-state index contributed by atoms with van der Waals surface area (Å²) in [5, 5.41) is 0. The Morgan fingerprint density at radius 2 is 1.67 bits per heavy atom. The van der Waals surface area contributed by atoms with E-state index in [-0.39, 0.29) is 18.0 Å².